The molecule has 0 spiro atoms. The molecule has 0 saturated carbocycles. The molecular weight excluding hydrogens is 525 g/mol. The lowest BCUT2D eigenvalue weighted by atomic mass is 10.1. The molecule has 30 heavy (non-hydrogen) atoms. The van der Waals surface area contributed by atoms with Crippen LogP contribution in [0.2, 0.25) is 5.02 Å². The van der Waals surface area contributed by atoms with Gasteiger partial charge >= 0.3 is 11.9 Å². The Morgan fingerprint density at radius 2 is 1.97 bits per heavy atom. The van der Waals surface area contributed by atoms with Gasteiger partial charge in [0.1, 0.15) is 0 Å². The summed E-state index contributed by atoms with van der Waals surface area (Å²) in [6.07, 6.45) is 1.54. The summed E-state index contributed by atoms with van der Waals surface area (Å²) in [6, 6.07) is 10.7. The number of hydrogen-bond acceptors (Lipinski definition) is 7. The van der Waals surface area contributed by atoms with Crippen LogP contribution in [-0.4, -0.2) is 38.2 Å². The third kappa shape index (κ3) is 5.31. The zero-order chi connectivity index (χ0) is 21.7. The van der Waals surface area contributed by atoms with E-state index in [4.69, 9.17) is 25.8 Å². The van der Waals surface area contributed by atoms with Crippen molar-refractivity contribution in [2.45, 2.75) is 6.92 Å². The minimum Gasteiger partial charge on any atom is -0.490 e. The first-order valence-electron chi connectivity index (χ1n) is 8.85. The van der Waals surface area contributed by atoms with Crippen molar-refractivity contribution in [1.29, 1.82) is 0 Å². The van der Waals surface area contributed by atoms with E-state index in [1.54, 1.807) is 25.1 Å². The van der Waals surface area contributed by atoms with Crippen LogP contribution in [-0.2, 0) is 19.1 Å². The summed E-state index contributed by atoms with van der Waals surface area (Å²) in [5.41, 5.74) is 1.39. The first-order valence-corrected chi connectivity index (χ1v) is 10.3. The maximum Gasteiger partial charge on any atom is 0.363 e. The number of nitrogens with zero attached hydrogens (tertiary/aromatic N) is 1. The molecule has 1 aliphatic heterocycles. The van der Waals surface area contributed by atoms with E-state index in [0.29, 0.717) is 23.5 Å². The van der Waals surface area contributed by atoms with Crippen LogP contribution >= 0.6 is 34.2 Å². The Kier molecular flexibility index (Phi) is 7.33. The van der Waals surface area contributed by atoms with Gasteiger partial charge in [0.05, 0.1) is 18.7 Å². The van der Waals surface area contributed by atoms with Crippen LogP contribution in [0.3, 0.4) is 0 Å². The van der Waals surface area contributed by atoms with Gasteiger partial charge in [-0.2, -0.15) is 0 Å². The molecule has 156 valence electrons. The van der Waals surface area contributed by atoms with Crippen molar-refractivity contribution in [2.24, 2.45) is 4.99 Å². The van der Waals surface area contributed by atoms with Crippen molar-refractivity contribution in [2.75, 3.05) is 20.3 Å². The topological polar surface area (TPSA) is 83.4 Å². The minimum atomic E-state index is -0.566. The van der Waals surface area contributed by atoms with E-state index in [1.165, 1.54) is 7.11 Å². The van der Waals surface area contributed by atoms with Crippen LogP contribution in [0.5, 0.6) is 11.5 Å². The second kappa shape index (κ2) is 9.94. The van der Waals surface area contributed by atoms with Gasteiger partial charge in [0.15, 0.2) is 23.8 Å². The van der Waals surface area contributed by atoms with Crippen LogP contribution in [0.25, 0.3) is 6.08 Å². The highest BCUT2D eigenvalue weighted by Gasteiger charge is 2.24. The number of rotatable bonds is 7. The minimum absolute atomic E-state index is 0.130. The van der Waals surface area contributed by atoms with E-state index in [2.05, 4.69) is 32.3 Å². The second-order valence-corrected chi connectivity index (χ2v) is 7.62. The first-order chi connectivity index (χ1) is 14.4. The molecule has 0 radical (unpaired) electrons. The Morgan fingerprint density at radius 1 is 1.23 bits per heavy atom. The van der Waals surface area contributed by atoms with E-state index >= 15 is 0 Å². The summed E-state index contributed by atoms with van der Waals surface area (Å²) in [6.45, 7) is 1.84. The number of methoxy groups -OCH3 is 1. The largest absolute Gasteiger partial charge is 0.490 e. The Hall–Kier alpha value is -2.59. The standard InChI is InChI=1S/C21H17ClINO6/c1-3-28-17-10-12(8-15(22)19(17)29-11-18(25)27-2)9-16-21(26)30-20(24-16)13-4-6-14(23)7-5-13/h4-10H,3,11H2,1-2H3/b16-9-. The first kappa shape index (κ1) is 22.1. The quantitative estimate of drug-likeness (QED) is 0.296. The third-order valence-electron chi connectivity index (χ3n) is 3.91. The van der Waals surface area contributed by atoms with E-state index in [1.807, 2.05) is 24.3 Å². The molecule has 0 aliphatic carbocycles. The molecule has 3 rings (SSSR count). The zero-order valence-corrected chi connectivity index (χ0v) is 19.0. The Labute approximate surface area is 191 Å². The van der Waals surface area contributed by atoms with Gasteiger partial charge in [-0.05, 0) is 77.6 Å². The molecule has 0 fully saturated rings. The molecule has 0 aromatic heterocycles. The summed E-state index contributed by atoms with van der Waals surface area (Å²) in [4.78, 5) is 27.9. The summed E-state index contributed by atoms with van der Waals surface area (Å²) in [5, 5.41) is 0.213. The van der Waals surface area contributed by atoms with E-state index in [-0.39, 0.29) is 29.0 Å². The van der Waals surface area contributed by atoms with Crippen LogP contribution in [0.1, 0.15) is 18.1 Å². The second-order valence-electron chi connectivity index (χ2n) is 5.97. The monoisotopic (exact) mass is 541 g/mol. The highest BCUT2D eigenvalue weighted by atomic mass is 127. The third-order valence-corrected chi connectivity index (χ3v) is 4.91. The SMILES string of the molecule is CCOc1cc(/C=C2\N=C(c3ccc(I)cc3)OC2=O)cc(Cl)c1OCC(=O)OC. The number of benzene rings is 2. The van der Waals surface area contributed by atoms with Gasteiger partial charge in [-0.25, -0.2) is 14.6 Å². The van der Waals surface area contributed by atoms with Crippen LogP contribution in [0, 0.1) is 3.57 Å². The van der Waals surface area contributed by atoms with Crippen molar-refractivity contribution in [1.82, 2.24) is 0 Å². The average molecular weight is 542 g/mol. The molecule has 2 aromatic rings. The predicted molar refractivity (Wildman–Crippen MR) is 120 cm³/mol. The fourth-order valence-electron chi connectivity index (χ4n) is 2.55. The summed E-state index contributed by atoms with van der Waals surface area (Å²) in [5.74, 6) is -0.344. The lowest BCUT2D eigenvalue weighted by Gasteiger charge is -2.13. The van der Waals surface area contributed by atoms with Gasteiger partial charge in [0.25, 0.3) is 0 Å². The van der Waals surface area contributed by atoms with E-state index in [0.717, 1.165) is 3.57 Å². The number of hydrogen-bond donors (Lipinski definition) is 0. The number of cyclic esters (lactones) is 1. The highest BCUT2D eigenvalue weighted by molar-refractivity contribution is 14.1. The summed E-state index contributed by atoms with van der Waals surface area (Å²) < 4.78 is 21.9. The van der Waals surface area contributed by atoms with Gasteiger partial charge in [0.2, 0.25) is 5.90 Å². The highest BCUT2D eigenvalue weighted by Crippen LogP contribution is 2.37. The van der Waals surface area contributed by atoms with Crippen molar-refractivity contribution in [3.63, 3.8) is 0 Å². The fourth-order valence-corrected chi connectivity index (χ4v) is 3.18. The number of aliphatic imine (C=N–C) groups is 1. The lowest BCUT2D eigenvalue weighted by molar-refractivity contribution is -0.143. The number of halogens is 2. The van der Waals surface area contributed by atoms with Gasteiger partial charge in [-0.15, -0.1) is 0 Å². The van der Waals surface area contributed by atoms with Crippen molar-refractivity contribution in [3.8, 4) is 11.5 Å². The molecule has 7 nitrogen and oxygen atoms in total. The summed E-state index contributed by atoms with van der Waals surface area (Å²) >= 11 is 8.51. The molecule has 0 unspecified atom stereocenters. The van der Waals surface area contributed by atoms with Crippen LogP contribution in [0.4, 0.5) is 0 Å². The van der Waals surface area contributed by atoms with Gasteiger partial charge in [-0.3, -0.25) is 0 Å². The molecule has 0 N–H and O–H groups in total. The Bertz CT molecular complexity index is 1030. The van der Waals surface area contributed by atoms with E-state index in [9.17, 15) is 9.59 Å². The van der Waals surface area contributed by atoms with Gasteiger partial charge in [-0.1, -0.05) is 11.6 Å². The molecule has 0 atom stereocenters. The maximum absolute atomic E-state index is 12.3. The molecule has 9 heteroatoms. The van der Waals surface area contributed by atoms with Crippen molar-refractivity contribution in [3.05, 3.63) is 61.8 Å². The summed E-state index contributed by atoms with van der Waals surface area (Å²) in [7, 11) is 1.26. The molecule has 0 amide bonds. The van der Waals surface area contributed by atoms with Crippen LogP contribution in [0.15, 0.2) is 47.1 Å². The molecule has 1 heterocycles. The predicted octanol–water partition coefficient (Wildman–Crippen LogP) is 4.24. The van der Waals surface area contributed by atoms with Crippen molar-refractivity contribution >= 4 is 58.1 Å². The van der Waals surface area contributed by atoms with Gasteiger partial charge < -0.3 is 18.9 Å². The Balaban J connectivity index is 1.91. The molecule has 1 aliphatic rings. The zero-order valence-electron chi connectivity index (χ0n) is 16.1. The van der Waals surface area contributed by atoms with E-state index < -0.39 is 11.9 Å². The fraction of sp³-hybridized carbons (Fsp3) is 0.190. The number of carbonyl (C=O) groups is 2. The smallest absolute Gasteiger partial charge is 0.363 e. The molecule has 2 aromatic carbocycles. The molecular formula is C21H17ClINO6. The Morgan fingerprint density at radius 3 is 2.63 bits per heavy atom. The maximum atomic E-state index is 12.3. The normalized spacial score (nSPS) is 14.3. The number of esters is 2. The van der Waals surface area contributed by atoms with Crippen molar-refractivity contribution < 1.29 is 28.5 Å². The van der Waals surface area contributed by atoms with Crippen LogP contribution < -0.4 is 9.47 Å². The number of carbonyl (C=O) groups excluding carboxylic acids is 2. The van der Waals surface area contributed by atoms with Gasteiger partial charge in [0, 0.05) is 9.13 Å². The molecule has 0 saturated heterocycles. The lowest BCUT2D eigenvalue weighted by Crippen LogP contribution is -2.13. The average Bonchev–Trinajstić information content (AvgIpc) is 3.08. The number of ether oxygens (including phenoxy) is 4. The molecule has 0 bridgehead atoms.